The summed E-state index contributed by atoms with van der Waals surface area (Å²) in [7, 11) is 0. The first kappa shape index (κ1) is 20.9. The van der Waals surface area contributed by atoms with Gasteiger partial charge in [0.25, 0.3) is 0 Å². The van der Waals surface area contributed by atoms with Crippen LogP contribution in [0.25, 0.3) is 16.8 Å². The second-order valence-corrected chi connectivity index (χ2v) is 6.91. The zero-order valence-electron chi connectivity index (χ0n) is 15.6. The lowest BCUT2D eigenvalue weighted by atomic mass is 10.00. The Morgan fingerprint density at radius 1 is 1.10 bits per heavy atom. The third-order valence-corrected chi connectivity index (χ3v) is 4.85. The van der Waals surface area contributed by atoms with E-state index in [-0.39, 0.29) is 29.1 Å². The number of hydrogen-bond donors (Lipinski definition) is 2. The number of nitrogens with one attached hydrogen (secondary N) is 2. The summed E-state index contributed by atoms with van der Waals surface area (Å²) in [5.74, 6) is -0.189. The van der Waals surface area contributed by atoms with Crippen LogP contribution < -0.4 is 10.6 Å². The van der Waals surface area contributed by atoms with Crippen LogP contribution in [0.5, 0.6) is 0 Å². The Hall–Kier alpha value is -3.38. The second-order valence-electron chi connectivity index (χ2n) is 6.91. The molecule has 1 saturated heterocycles. The number of alkyl halides is 6. The molecule has 1 aromatic carbocycles. The molecule has 3 heterocycles. The molecule has 1 unspecified atom stereocenters. The molecular formula is C18H14F6N6O. The summed E-state index contributed by atoms with van der Waals surface area (Å²) < 4.78 is 80.8. The number of carbonyl (C=O) groups excluding carboxylic acids is 1. The van der Waals surface area contributed by atoms with E-state index in [0.717, 1.165) is 6.42 Å². The quantitative estimate of drug-likeness (QED) is 0.604. The van der Waals surface area contributed by atoms with Crippen molar-refractivity contribution in [3.63, 3.8) is 0 Å². The summed E-state index contributed by atoms with van der Waals surface area (Å²) >= 11 is 0. The van der Waals surface area contributed by atoms with Crippen molar-refractivity contribution in [3.8, 4) is 11.3 Å². The Labute approximate surface area is 170 Å². The predicted octanol–water partition coefficient (Wildman–Crippen LogP) is 3.52. The molecule has 13 heteroatoms. The van der Waals surface area contributed by atoms with Gasteiger partial charge in [0.15, 0.2) is 0 Å². The van der Waals surface area contributed by atoms with Crippen molar-refractivity contribution in [2.24, 2.45) is 0 Å². The number of rotatable bonds is 3. The normalized spacial score (nSPS) is 17.6. The Kier molecular flexibility index (Phi) is 4.98. The maximum absolute atomic E-state index is 13.6. The number of piperidine rings is 1. The highest BCUT2D eigenvalue weighted by Crippen LogP contribution is 2.41. The molecule has 1 amide bonds. The van der Waals surface area contributed by atoms with Gasteiger partial charge < -0.3 is 10.6 Å². The molecule has 0 bridgehead atoms. The predicted molar refractivity (Wildman–Crippen MR) is 95.9 cm³/mol. The average molecular weight is 444 g/mol. The minimum absolute atomic E-state index is 0.0441. The fourth-order valence-electron chi connectivity index (χ4n) is 3.35. The summed E-state index contributed by atoms with van der Waals surface area (Å²) in [6.45, 7) is 0.538. The summed E-state index contributed by atoms with van der Waals surface area (Å²) in [4.78, 5) is 15.9. The van der Waals surface area contributed by atoms with Crippen molar-refractivity contribution >= 4 is 17.4 Å². The third-order valence-electron chi connectivity index (χ3n) is 4.85. The van der Waals surface area contributed by atoms with Crippen molar-refractivity contribution < 1.29 is 31.1 Å². The highest BCUT2D eigenvalue weighted by molar-refractivity contribution is 5.85. The van der Waals surface area contributed by atoms with Gasteiger partial charge in [-0.25, -0.2) is 4.98 Å². The maximum atomic E-state index is 13.6. The Morgan fingerprint density at radius 2 is 1.87 bits per heavy atom. The van der Waals surface area contributed by atoms with Gasteiger partial charge in [-0.05, 0) is 25.0 Å². The third kappa shape index (κ3) is 3.99. The smallest absolute Gasteiger partial charge is 0.354 e. The summed E-state index contributed by atoms with van der Waals surface area (Å²) in [6, 6.07) is 0.695. The first-order valence-corrected chi connectivity index (χ1v) is 9.07. The molecule has 0 radical (unpaired) electrons. The van der Waals surface area contributed by atoms with Crippen LogP contribution in [0.1, 0.15) is 24.0 Å². The monoisotopic (exact) mass is 444 g/mol. The highest BCUT2D eigenvalue weighted by atomic mass is 19.4. The van der Waals surface area contributed by atoms with E-state index in [0.29, 0.717) is 25.1 Å². The molecule has 2 N–H and O–H groups in total. The Balaban J connectivity index is 1.81. The molecular weight excluding hydrogens is 430 g/mol. The van der Waals surface area contributed by atoms with Crippen LogP contribution in [0.4, 0.5) is 32.3 Å². The van der Waals surface area contributed by atoms with E-state index in [1.807, 2.05) is 0 Å². The topological polar surface area (TPSA) is 84.2 Å². The number of carbonyl (C=O) groups is 1. The number of benzene rings is 1. The number of nitrogens with zero attached hydrogens (tertiary/aromatic N) is 4. The lowest BCUT2D eigenvalue weighted by Gasteiger charge is -2.23. The van der Waals surface area contributed by atoms with Gasteiger partial charge in [0.2, 0.25) is 11.9 Å². The van der Waals surface area contributed by atoms with E-state index in [1.54, 1.807) is 0 Å². The minimum atomic E-state index is -5.06. The highest BCUT2D eigenvalue weighted by Gasteiger charge is 2.39. The van der Waals surface area contributed by atoms with Gasteiger partial charge in [-0.2, -0.15) is 26.3 Å². The van der Waals surface area contributed by atoms with Crippen LogP contribution in [0.15, 0.2) is 30.7 Å². The first-order chi connectivity index (χ1) is 14.6. The van der Waals surface area contributed by atoms with Gasteiger partial charge in [-0.15, -0.1) is 10.2 Å². The fraction of sp³-hybridized carbons (Fsp3) is 0.333. The van der Waals surface area contributed by atoms with Gasteiger partial charge in [-0.1, -0.05) is 6.07 Å². The van der Waals surface area contributed by atoms with Crippen molar-refractivity contribution in [1.29, 1.82) is 0 Å². The number of imidazole rings is 1. The molecule has 31 heavy (non-hydrogen) atoms. The maximum Gasteiger partial charge on any atom is 0.417 e. The number of fused-ring (bicyclic) bond motifs is 1. The molecule has 0 spiro atoms. The van der Waals surface area contributed by atoms with Crippen molar-refractivity contribution in [3.05, 3.63) is 41.9 Å². The number of aromatic nitrogens is 4. The van der Waals surface area contributed by atoms with Crippen LogP contribution in [-0.2, 0) is 17.1 Å². The Bertz CT molecular complexity index is 1140. The van der Waals surface area contributed by atoms with Crippen molar-refractivity contribution in [1.82, 2.24) is 24.9 Å². The molecule has 1 atom stereocenters. The fourth-order valence-corrected chi connectivity index (χ4v) is 3.35. The second kappa shape index (κ2) is 7.39. The van der Waals surface area contributed by atoms with E-state index < -0.39 is 35.1 Å². The standard InChI is InChI=1S/C18H14F6N6O/c19-17(20,21)9-3-4-10(11(6-9)18(22,23)24)14-13-7-25-8-30(13)16(29-28-14)27-12-2-1-5-26-15(12)31/h3-4,6-8,12H,1-2,5H2,(H,26,31)(H,27,29). The number of halogens is 6. The summed E-state index contributed by atoms with van der Waals surface area (Å²) in [5, 5.41) is 13.3. The van der Waals surface area contributed by atoms with Gasteiger partial charge in [0.1, 0.15) is 18.1 Å². The zero-order chi connectivity index (χ0) is 22.4. The molecule has 164 valence electrons. The molecule has 1 aliphatic rings. The van der Waals surface area contributed by atoms with Gasteiger partial charge in [0.05, 0.1) is 22.8 Å². The lowest BCUT2D eigenvalue weighted by Crippen LogP contribution is -2.44. The molecule has 4 rings (SSSR count). The zero-order valence-corrected chi connectivity index (χ0v) is 15.6. The minimum Gasteiger partial charge on any atom is -0.354 e. The summed E-state index contributed by atoms with van der Waals surface area (Å²) in [6.07, 6.45) is -6.29. The molecule has 7 nitrogen and oxygen atoms in total. The van der Waals surface area contributed by atoms with E-state index >= 15 is 0 Å². The molecule has 2 aromatic heterocycles. The lowest BCUT2D eigenvalue weighted by molar-refractivity contribution is -0.142. The largest absolute Gasteiger partial charge is 0.417 e. The summed E-state index contributed by atoms with van der Waals surface area (Å²) in [5.41, 5.74) is -3.70. The molecule has 0 saturated carbocycles. The SMILES string of the molecule is O=C1NCCCC1Nc1nnc(-c2ccc(C(F)(F)F)cc2C(F)(F)F)c2cncn12. The number of amides is 1. The van der Waals surface area contributed by atoms with Gasteiger partial charge in [0, 0.05) is 12.1 Å². The van der Waals surface area contributed by atoms with Crippen LogP contribution in [0, 0.1) is 0 Å². The van der Waals surface area contributed by atoms with Crippen LogP contribution in [0.2, 0.25) is 0 Å². The van der Waals surface area contributed by atoms with E-state index in [9.17, 15) is 31.1 Å². The molecule has 1 aliphatic heterocycles. The van der Waals surface area contributed by atoms with Crippen LogP contribution in [-0.4, -0.2) is 38.1 Å². The van der Waals surface area contributed by atoms with Crippen LogP contribution in [0.3, 0.4) is 0 Å². The average Bonchev–Trinajstić information content (AvgIpc) is 3.18. The molecule has 3 aromatic rings. The van der Waals surface area contributed by atoms with E-state index in [2.05, 4.69) is 25.8 Å². The number of anilines is 1. The molecule has 0 aliphatic carbocycles. The number of hydrogen-bond acceptors (Lipinski definition) is 5. The van der Waals surface area contributed by atoms with Crippen molar-refractivity contribution in [2.45, 2.75) is 31.2 Å². The Morgan fingerprint density at radius 3 is 2.55 bits per heavy atom. The van der Waals surface area contributed by atoms with Gasteiger partial charge >= 0.3 is 12.4 Å². The first-order valence-electron chi connectivity index (χ1n) is 9.07. The van der Waals surface area contributed by atoms with E-state index in [1.165, 1.54) is 16.9 Å². The van der Waals surface area contributed by atoms with Crippen molar-refractivity contribution in [2.75, 3.05) is 11.9 Å². The van der Waals surface area contributed by atoms with E-state index in [4.69, 9.17) is 0 Å². The van der Waals surface area contributed by atoms with Gasteiger partial charge in [-0.3, -0.25) is 9.20 Å². The van der Waals surface area contributed by atoms with Crippen LogP contribution >= 0.6 is 0 Å². The molecule has 1 fully saturated rings.